The SMILES string of the molecule is Cc1nc(NC2CCCCC2)sc1C(=O)N[C@@H](C)c1ccccc1. The second kappa shape index (κ2) is 7.79. The Hall–Kier alpha value is -1.88. The number of carbonyl (C=O) groups excluding carboxylic acids is 1. The number of nitrogens with one attached hydrogen (secondary N) is 2. The number of aryl methyl sites for hydroxylation is 1. The lowest BCUT2D eigenvalue weighted by molar-refractivity contribution is 0.0943. The van der Waals surface area contributed by atoms with E-state index in [-0.39, 0.29) is 11.9 Å². The number of thiazole rings is 1. The van der Waals surface area contributed by atoms with Crippen LogP contribution in [0.15, 0.2) is 30.3 Å². The van der Waals surface area contributed by atoms with Gasteiger partial charge in [0.1, 0.15) is 4.88 Å². The van der Waals surface area contributed by atoms with Crippen molar-refractivity contribution in [2.75, 3.05) is 5.32 Å². The fourth-order valence-corrected chi connectivity index (χ4v) is 4.12. The normalized spacial score (nSPS) is 16.6. The van der Waals surface area contributed by atoms with Crippen molar-refractivity contribution < 1.29 is 4.79 Å². The third kappa shape index (κ3) is 4.15. The molecular weight excluding hydrogens is 318 g/mol. The maximum atomic E-state index is 12.6. The van der Waals surface area contributed by atoms with Gasteiger partial charge in [0.2, 0.25) is 0 Å². The van der Waals surface area contributed by atoms with E-state index < -0.39 is 0 Å². The van der Waals surface area contributed by atoms with E-state index in [4.69, 9.17) is 0 Å². The molecule has 0 spiro atoms. The van der Waals surface area contributed by atoms with Gasteiger partial charge in [0, 0.05) is 6.04 Å². The van der Waals surface area contributed by atoms with Gasteiger partial charge >= 0.3 is 0 Å². The maximum Gasteiger partial charge on any atom is 0.263 e. The number of anilines is 1. The number of rotatable bonds is 5. The van der Waals surface area contributed by atoms with Crippen LogP contribution in [0.2, 0.25) is 0 Å². The fourth-order valence-electron chi connectivity index (χ4n) is 3.18. The van der Waals surface area contributed by atoms with Crippen molar-refractivity contribution in [1.82, 2.24) is 10.3 Å². The van der Waals surface area contributed by atoms with Gasteiger partial charge in [-0.2, -0.15) is 0 Å². The van der Waals surface area contributed by atoms with Crippen LogP contribution in [-0.4, -0.2) is 16.9 Å². The molecule has 0 bridgehead atoms. The van der Waals surface area contributed by atoms with Crippen LogP contribution in [0.4, 0.5) is 5.13 Å². The zero-order valence-corrected chi connectivity index (χ0v) is 15.2. The average Bonchev–Trinajstić information content (AvgIpc) is 2.97. The summed E-state index contributed by atoms with van der Waals surface area (Å²) in [5.74, 6) is -0.0435. The molecule has 1 aromatic carbocycles. The minimum absolute atomic E-state index is 0.0186. The number of hydrogen-bond donors (Lipinski definition) is 2. The van der Waals surface area contributed by atoms with Crippen molar-refractivity contribution in [3.63, 3.8) is 0 Å². The topological polar surface area (TPSA) is 54.0 Å². The van der Waals surface area contributed by atoms with Gasteiger partial charge in [-0.05, 0) is 32.3 Å². The summed E-state index contributed by atoms with van der Waals surface area (Å²) in [6.45, 7) is 3.91. The monoisotopic (exact) mass is 343 g/mol. The summed E-state index contributed by atoms with van der Waals surface area (Å²) in [7, 11) is 0. The molecule has 0 saturated heterocycles. The molecule has 5 heteroatoms. The largest absolute Gasteiger partial charge is 0.359 e. The molecule has 2 aromatic rings. The standard InChI is InChI=1S/C19H25N3OS/c1-13(15-9-5-3-6-10-15)20-18(23)17-14(2)21-19(24-17)22-16-11-7-4-8-12-16/h3,5-6,9-10,13,16H,4,7-8,11-12H2,1-2H3,(H,20,23)(H,21,22)/t13-/m0/s1. The number of aromatic nitrogens is 1. The highest BCUT2D eigenvalue weighted by Crippen LogP contribution is 2.27. The van der Waals surface area contributed by atoms with Crippen molar-refractivity contribution in [3.05, 3.63) is 46.5 Å². The second-order valence-corrected chi connectivity index (χ2v) is 7.52. The van der Waals surface area contributed by atoms with Gasteiger partial charge < -0.3 is 10.6 Å². The predicted molar refractivity (Wildman–Crippen MR) is 99.7 cm³/mol. The Morgan fingerprint density at radius 3 is 2.62 bits per heavy atom. The van der Waals surface area contributed by atoms with Crippen molar-refractivity contribution in [3.8, 4) is 0 Å². The van der Waals surface area contributed by atoms with Gasteiger partial charge in [0.05, 0.1) is 11.7 Å². The Morgan fingerprint density at radius 1 is 1.21 bits per heavy atom. The van der Waals surface area contributed by atoms with Gasteiger partial charge in [0.15, 0.2) is 5.13 Å². The molecular formula is C19H25N3OS. The molecule has 1 aliphatic carbocycles. The summed E-state index contributed by atoms with van der Waals surface area (Å²) in [6, 6.07) is 10.5. The third-order valence-corrected chi connectivity index (χ3v) is 5.67. The lowest BCUT2D eigenvalue weighted by Crippen LogP contribution is -2.26. The highest BCUT2D eigenvalue weighted by molar-refractivity contribution is 7.17. The van der Waals surface area contributed by atoms with E-state index in [0.717, 1.165) is 16.4 Å². The fraction of sp³-hybridized carbons (Fsp3) is 0.474. The van der Waals surface area contributed by atoms with Crippen LogP contribution in [0.3, 0.4) is 0 Å². The van der Waals surface area contributed by atoms with Crippen molar-refractivity contribution >= 4 is 22.4 Å². The van der Waals surface area contributed by atoms with E-state index in [0.29, 0.717) is 10.9 Å². The zero-order valence-electron chi connectivity index (χ0n) is 14.3. The van der Waals surface area contributed by atoms with E-state index in [9.17, 15) is 4.79 Å². The zero-order chi connectivity index (χ0) is 16.9. The first-order valence-electron chi connectivity index (χ1n) is 8.73. The number of hydrogen-bond acceptors (Lipinski definition) is 4. The summed E-state index contributed by atoms with van der Waals surface area (Å²) >= 11 is 1.46. The molecule has 4 nitrogen and oxygen atoms in total. The molecule has 24 heavy (non-hydrogen) atoms. The molecule has 1 atom stereocenters. The Balaban J connectivity index is 1.64. The molecule has 3 rings (SSSR count). The van der Waals surface area contributed by atoms with E-state index in [1.165, 1.54) is 43.4 Å². The molecule has 1 aromatic heterocycles. The van der Waals surface area contributed by atoms with Crippen LogP contribution in [-0.2, 0) is 0 Å². The van der Waals surface area contributed by atoms with E-state index in [1.807, 2.05) is 44.2 Å². The molecule has 128 valence electrons. The summed E-state index contributed by atoms with van der Waals surface area (Å²) in [4.78, 5) is 17.8. The van der Waals surface area contributed by atoms with Crippen molar-refractivity contribution in [2.24, 2.45) is 0 Å². The minimum atomic E-state index is -0.0435. The van der Waals surface area contributed by atoms with Crippen LogP contribution >= 0.6 is 11.3 Å². The Labute approximate surface area is 147 Å². The third-order valence-electron chi connectivity index (χ3n) is 4.58. The van der Waals surface area contributed by atoms with Crippen LogP contribution in [0, 0.1) is 6.92 Å². The van der Waals surface area contributed by atoms with E-state index in [2.05, 4.69) is 15.6 Å². The first-order chi connectivity index (χ1) is 11.6. The average molecular weight is 343 g/mol. The molecule has 1 amide bonds. The maximum absolute atomic E-state index is 12.6. The number of amides is 1. The number of carbonyl (C=O) groups is 1. The first kappa shape index (κ1) is 17.0. The van der Waals surface area contributed by atoms with E-state index >= 15 is 0 Å². The predicted octanol–water partition coefficient (Wildman–Crippen LogP) is 4.69. The molecule has 0 radical (unpaired) electrons. The highest BCUT2D eigenvalue weighted by atomic mass is 32.1. The van der Waals surface area contributed by atoms with Crippen LogP contribution in [0.25, 0.3) is 0 Å². The quantitative estimate of drug-likeness (QED) is 0.828. The minimum Gasteiger partial charge on any atom is -0.359 e. The van der Waals surface area contributed by atoms with Gasteiger partial charge in [-0.1, -0.05) is 60.9 Å². The Kier molecular flexibility index (Phi) is 5.51. The molecule has 2 N–H and O–H groups in total. The van der Waals surface area contributed by atoms with Crippen LogP contribution < -0.4 is 10.6 Å². The van der Waals surface area contributed by atoms with Crippen molar-refractivity contribution in [1.29, 1.82) is 0 Å². The summed E-state index contributed by atoms with van der Waals surface area (Å²) < 4.78 is 0. The molecule has 0 unspecified atom stereocenters. The van der Waals surface area contributed by atoms with Gasteiger partial charge in [-0.15, -0.1) is 0 Å². The Bertz CT molecular complexity index is 677. The second-order valence-electron chi connectivity index (χ2n) is 6.52. The smallest absolute Gasteiger partial charge is 0.263 e. The molecule has 1 fully saturated rings. The highest BCUT2D eigenvalue weighted by Gasteiger charge is 2.20. The number of benzene rings is 1. The lowest BCUT2D eigenvalue weighted by Gasteiger charge is -2.22. The van der Waals surface area contributed by atoms with Gasteiger partial charge in [0.25, 0.3) is 5.91 Å². The van der Waals surface area contributed by atoms with Gasteiger partial charge in [-0.25, -0.2) is 4.98 Å². The molecule has 1 aliphatic rings. The molecule has 0 aliphatic heterocycles. The summed E-state index contributed by atoms with van der Waals surface area (Å²) in [5.41, 5.74) is 1.91. The van der Waals surface area contributed by atoms with Crippen LogP contribution in [0.5, 0.6) is 0 Å². The van der Waals surface area contributed by atoms with Crippen LogP contribution in [0.1, 0.15) is 66.0 Å². The number of nitrogens with zero attached hydrogens (tertiary/aromatic N) is 1. The first-order valence-corrected chi connectivity index (χ1v) is 9.55. The lowest BCUT2D eigenvalue weighted by atomic mass is 9.96. The van der Waals surface area contributed by atoms with E-state index in [1.54, 1.807) is 0 Å². The van der Waals surface area contributed by atoms with Crippen molar-refractivity contribution in [2.45, 2.75) is 58.0 Å². The Morgan fingerprint density at radius 2 is 1.92 bits per heavy atom. The summed E-state index contributed by atoms with van der Waals surface area (Å²) in [5, 5.41) is 7.46. The summed E-state index contributed by atoms with van der Waals surface area (Å²) in [6.07, 6.45) is 6.30. The molecule has 1 heterocycles. The molecule has 1 saturated carbocycles. The van der Waals surface area contributed by atoms with Gasteiger partial charge in [-0.3, -0.25) is 4.79 Å².